The first kappa shape index (κ1) is 41.7. The number of nitrogens with zero attached hydrogens (tertiary/aromatic N) is 3. The predicted octanol–water partition coefficient (Wildman–Crippen LogP) is 7.53. The molecule has 5 nitrogen and oxygen atoms in total. The number of piperazine rings is 1. The molecule has 0 aromatic rings. The third-order valence-corrected chi connectivity index (χ3v) is 8.13. The molecule has 2 saturated heterocycles. The molecule has 0 spiro atoms. The van der Waals surface area contributed by atoms with Gasteiger partial charge in [-0.1, -0.05) is 80.1 Å². The van der Waals surface area contributed by atoms with Crippen molar-refractivity contribution in [1.29, 1.82) is 0 Å². The van der Waals surface area contributed by atoms with Crippen LogP contribution in [0.4, 0.5) is 0 Å². The van der Waals surface area contributed by atoms with Crippen LogP contribution in [0.15, 0.2) is 0 Å². The largest absolute Gasteiger partial charge is 0.377 e. The molecule has 0 aromatic heterocycles. The van der Waals surface area contributed by atoms with Crippen LogP contribution in [0.3, 0.4) is 0 Å². The van der Waals surface area contributed by atoms with E-state index in [2.05, 4.69) is 56.2 Å². The van der Waals surface area contributed by atoms with Crippen molar-refractivity contribution in [2.24, 2.45) is 11.3 Å². The van der Waals surface area contributed by atoms with Gasteiger partial charge in [0.15, 0.2) is 0 Å². The van der Waals surface area contributed by atoms with Crippen LogP contribution in [0.5, 0.6) is 0 Å². The fraction of sp³-hybridized carbons (Fsp3) is 0.970. The van der Waals surface area contributed by atoms with Gasteiger partial charge >= 0.3 is 0 Å². The van der Waals surface area contributed by atoms with Crippen LogP contribution in [0.1, 0.15) is 127 Å². The summed E-state index contributed by atoms with van der Waals surface area (Å²) in [5.41, 5.74) is -0.0271. The van der Waals surface area contributed by atoms with Gasteiger partial charge in [0.2, 0.25) is 0 Å². The molecule has 0 unspecified atom stereocenters. The van der Waals surface area contributed by atoms with E-state index in [0.29, 0.717) is 11.9 Å². The van der Waals surface area contributed by atoms with Crippen molar-refractivity contribution in [3.63, 3.8) is 0 Å². The molecule has 232 valence electrons. The number of likely N-dealkylation sites (tertiary alicyclic amines) is 1. The number of carbonyl (C=O) groups excluding carboxylic acids is 1. The second-order valence-corrected chi connectivity index (χ2v) is 11.9. The van der Waals surface area contributed by atoms with E-state index in [4.69, 9.17) is 4.74 Å². The topological polar surface area (TPSA) is 36.0 Å². The van der Waals surface area contributed by atoms with Crippen molar-refractivity contribution in [1.82, 2.24) is 14.7 Å². The Labute approximate surface area is 269 Å². The van der Waals surface area contributed by atoms with Gasteiger partial charge in [0, 0.05) is 82.3 Å². The molecule has 3 fully saturated rings. The predicted molar refractivity (Wildman–Crippen MR) is 167 cm³/mol. The Hall–Kier alpha value is 0.562. The molecule has 2 aliphatic heterocycles. The standard InChI is InChI=1S/C24H45N3O2.C4H10.C3H8.C2H6.U/c1-21(2)29-18-17-25-13-15-26(16-14-25)19-23-7-11-27(12-8-23)20-24(22(3)28)9-5-4-6-10-24;1-3-4-2;1-3-2;1-2;/h21,23H,4-20H2,1-3H3;3-4H2,1-2H3;3H2,1-2H3;1-2H3;. The van der Waals surface area contributed by atoms with Gasteiger partial charge in [0.25, 0.3) is 0 Å². The molecule has 0 N–H and O–H groups in total. The smallest absolute Gasteiger partial charge is 0.137 e. The molecule has 1 aliphatic carbocycles. The number of unbranched alkanes of at least 4 members (excludes halogenated alkanes) is 1. The quantitative estimate of drug-likeness (QED) is 0.230. The van der Waals surface area contributed by atoms with E-state index in [1.165, 1.54) is 97.2 Å². The van der Waals surface area contributed by atoms with E-state index < -0.39 is 0 Å². The number of Topliss-reactive ketones (excluding diaryl/α,β-unsaturated/α-hetero) is 1. The first-order valence-corrected chi connectivity index (χ1v) is 16.6. The average Bonchev–Trinajstić information content (AvgIpc) is 2.93. The molecule has 0 bridgehead atoms. The Kier molecular flexibility index (Phi) is 28.0. The normalized spacial score (nSPS) is 20.4. The fourth-order valence-corrected chi connectivity index (χ4v) is 5.58. The summed E-state index contributed by atoms with van der Waals surface area (Å²) in [4.78, 5) is 20.2. The number of rotatable bonds is 10. The maximum Gasteiger partial charge on any atom is 0.137 e. The maximum absolute atomic E-state index is 12.4. The summed E-state index contributed by atoms with van der Waals surface area (Å²) >= 11 is 0. The molecule has 2 heterocycles. The van der Waals surface area contributed by atoms with Gasteiger partial charge in [-0.2, -0.15) is 0 Å². The van der Waals surface area contributed by atoms with Gasteiger partial charge in [0.1, 0.15) is 5.78 Å². The molecular weight excluding hydrogens is 708 g/mol. The third-order valence-electron chi connectivity index (χ3n) is 8.13. The Morgan fingerprint density at radius 1 is 0.821 bits per heavy atom. The van der Waals surface area contributed by atoms with Crippen LogP contribution < -0.4 is 0 Å². The van der Waals surface area contributed by atoms with Crippen molar-refractivity contribution in [3.8, 4) is 0 Å². The van der Waals surface area contributed by atoms with E-state index in [1.807, 2.05) is 20.8 Å². The molecule has 3 aliphatic rings. The van der Waals surface area contributed by atoms with Gasteiger partial charge in [-0.05, 0) is 65.5 Å². The zero-order valence-electron chi connectivity index (χ0n) is 28.0. The second kappa shape index (κ2) is 26.2. The molecule has 1 saturated carbocycles. The van der Waals surface area contributed by atoms with E-state index in [-0.39, 0.29) is 36.5 Å². The van der Waals surface area contributed by atoms with Gasteiger partial charge < -0.3 is 14.5 Å². The number of piperidine rings is 1. The number of ketones is 1. The number of ether oxygens (including phenoxy) is 1. The van der Waals surface area contributed by atoms with Gasteiger partial charge in [0.05, 0.1) is 12.7 Å². The SMILES string of the molecule is CC.CC(=O)C1(CN2CCC(CN3CCN(CCOC(C)C)CC3)CC2)CCCCC1.CCC.CCCC.[U]. The van der Waals surface area contributed by atoms with Crippen molar-refractivity contribution in [2.45, 2.75) is 133 Å². The Balaban J connectivity index is 0. The summed E-state index contributed by atoms with van der Waals surface area (Å²) in [6, 6.07) is 0. The minimum Gasteiger partial charge on any atom is -0.377 e. The zero-order chi connectivity index (χ0) is 28.8. The fourth-order valence-electron chi connectivity index (χ4n) is 5.58. The average molecular weight is 778 g/mol. The minimum absolute atomic E-state index is 0. The molecule has 0 amide bonds. The van der Waals surface area contributed by atoms with Crippen LogP contribution >= 0.6 is 0 Å². The van der Waals surface area contributed by atoms with Crippen LogP contribution in [-0.2, 0) is 9.53 Å². The third kappa shape index (κ3) is 18.7. The maximum atomic E-state index is 12.4. The van der Waals surface area contributed by atoms with Crippen molar-refractivity contribution in [3.05, 3.63) is 0 Å². The molecule has 0 radical (unpaired) electrons. The van der Waals surface area contributed by atoms with Crippen LogP contribution in [0, 0.1) is 42.4 Å². The van der Waals surface area contributed by atoms with E-state index in [0.717, 1.165) is 38.5 Å². The summed E-state index contributed by atoms with van der Waals surface area (Å²) in [6.45, 7) is 30.0. The van der Waals surface area contributed by atoms with Gasteiger partial charge in [-0.15, -0.1) is 0 Å². The molecular formula is C33H69N3O2U. The Bertz CT molecular complexity index is 537. The summed E-state index contributed by atoms with van der Waals surface area (Å²) < 4.78 is 5.70. The number of hydrogen-bond acceptors (Lipinski definition) is 5. The Morgan fingerprint density at radius 2 is 1.31 bits per heavy atom. The van der Waals surface area contributed by atoms with Crippen molar-refractivity contribution in [2.75, 3.05) is 65.5 Å². The molecule has 0 aromatic carbocycles. The van der Waals surface area contributed by atoms with E-state index in [9.17, 15) is 4.79 Å². The van der Waals surface area contributed by atoms with E-state index >= 15 is 0 Å². The van der Waals surface area contributed by atoms with Crippen LogP contribution in [0.25, 0.3) is 0 Å². The van der Waals surface area contributed by atoms with Crippen molar-refractivity contribution >= 4 is 5.78 Å². The van der Waals surface area contributed by atoms with Gasteiger partial charge in [-0.25, -0.2) is 0 Å². The summed E-state index contributed by atoms with van der Waals surface area (Å²) in [5, 5.41) is 0. The Morgan fingerprint density at radius 3 is 1.74 bits per heavy atom. The van der Waals surface area contributed by atoms with Crippen molar-refractivity contribution < 1.29 is 40.6 Å². The first-order valence-electron chi connectivity index (χ1n) is 16.6. The molecule has 3 rings (SSSR count). The number of carbonyl (C=O) groups is 1. The zero-order valence-corrected chi connectivity index (χ0v) is 32.1. The summed E-state index contributed by atoms with van der Waals surface area (Å²) in [5.74, 6) is 1.28. The molecule has 6 heteroatoms. The minimum atomic E-state index is -0.0271. The number of hydrogen-bond donors (Lipinski definition) is 0. The molecule has 0 atom stereocenters. The van der Waals surface area contributed by atoms with Gasteiger partial charge in [-0.3, -0.25) is 9.69 Å². The molecule has 39 heavy (non-hydrogen) atoms. The summed E-state index contributed by atoms with van der Waals surface area (Å²) in [7, 11) is 0. The van der Waals surface area contributed by atoms with Crippen LogP contribution in [0.2, 0.25) is 0 Å². The summed E-state index contributed by atoms with van der Waals surface area (Å²) in [6.07, 6.45) is 12.9. The monoisotopic (exact) mass is 778 g/mol. The van der Waals surface area contributed by atoms with E-state index in [1.54, 1.807) is 0 Å². The first-order chi connectivity index (χ1) is 18.3. The second-order valence-electron chi connectivity index (χ2n) is 11.9. The van der Waals surface area contributed by atoms with Crippen LogP contribution in [-0.4, -0.2) is 92.1 Å².